The standard InChI is InChI=1S/C32H30O4/c1-21-15-16-25(19-22(21)2)32(4,24-11-7-6-8-12-24)26-17-18-29(23(3)20-26)36-31(34)28-14-10-9-13-27(28)30(33)35-5/h6-20H,1-5H3. The lowest BCUT2D eigenvalue weighted by Gasteiger charge is -2.33. The van der Waals surface area contributed by atoms with E-state index in [1.165, 1.54) is 29.4 Å². The number of methoxy groups -OCH3 is 1. The van der Waals surface area contributed by atoms with Gasteiger partial charge in [0.05, 0.1) is 18.2 Å². The van der Waals surface area contributed by atoms with Gasteiger partial charge >= 0.3 is 11.9 Å². The average Bonchev–Trinajstić information content (AvgIpc) is 2.90. The zero-order chi connectivity index (χ0) is 25.9. The van der Waals surface area contributed by atoms with Crippen molar-refractivity contribution >= 4 is 11.9 Å². The van der Waals surface area contributed by atoms with Crippen LogP contribution >= 0.6 is 0 Å². The Hall–Kier alpha value is -4.18. The van der Waals surface area contributed by atoms with Crippen LogP contribution in [0.3, 0.4) is 0 Å². The van der Waals surface area contributed by atoms with Gasteiger partial charge in [0.1, 0.15) is 5.75 Å². The van der Waals surface area contributed by atoms with Crippen molar-refractivity contribution in [2.75, 3.05) is 7.11 Å². The minimum absolute atomic E-state index is 0.164. The zero-order valence-electron chi connectivity index (χ0n) is 21.3. The number of ether oxygens (including phenoxy) is 2. The van der Waals surface area contributed by atoms with Crippen LogP contribution in [0.25, 0.3) is 0 Å². The van der Waals surface area contributed by atoms with Crippen molar-refractivity contribution in [2.45, 2.75) is 33.1 Å². The van der Waals surface area contributed by atoms with Crippen LogP contribution < -0.4 is 4.74 Å². The van der Waals surface area contributed by atoms with E-state index in [0.29, 0.717) is 5.75 Å². The highest BCUT2D eigenvalue weighted by atomic mass is 16.5. The van der Waals surface area contributed by atoms with Crippen molar-refractivity contribution in [3.63, 3.8) is 0 Å². The molecule has 182 valence electrons. The average molecular weight is 479 g/mol. The van der Waals surface area contributed by atoms with Crippen molar-refractivity contribution < 1.29 is 19.1 Å². The first-order valence-corrected chi connectivity index (χ1v) is 11.9. The summed E-state index contributed by atoms with van der Waals surface area (Å²) < 4.78 is 10.5. The number of carbonyl (C=O) groups is 2. The molecule has 4 nitrogen and oxygen atoms in total. The van der Waals surface area contributed by atoms with Crippen LogP contribution in [-0.2, 0) is 10.2 Å². The molecular weight excluding hydrogens is 448 g/mol. The number of esters is 2. The molecule has 0 aliphatic carbocycles. The smallest absolute Gasteiger partial charge is 0.344 e. The van der Waals surface area contributed by atoms with Gasteiger partial charge in [0, 0.05) is 5.41 Å². The number of rotatable bonds is 6. The maximum absolute atomic E-state index is 13.0. The lowest BCUT2D eigenvalue weighted by atomic mass is 9.70. The Bertz CT molecular complexity index is 1420. The quantitative estimate of drug-likeness (QED) is 0.171. The molecule has 0 heterocycles. The summed E-state index contributed by atoms with van der Waals surface area (Å²) in [6.45, 7) is 8.39. The van der Waals surface area contributed by atoms with E-state index in [9.17, 15) is 9.59 Å². The van der Waals surface area contributed by atoms with Crippen LogP contribution in [0.2, 0.25) is 0 Å². The summed E-state index contributed by atoms with van der Waals surface area (Å²) in [7, 11) is 1.28. The van der Waals surface area contributed by atoms with Gasteiger partial charge in [-0.15, -0.1) is 0 Å². The first-order chi connectivity index (χ1) is 17.3. The third kappa shape index (κ3) is 4.67. The van der Waals surface area contributed by atoms with Gasteiger partial charge in [0.15, 0.2) is 0 Å². The largest absolute Gasteiger partial charge is 0.465 e. The molecule has 0 bridgehead atoms. The van der Waals surface area contributed by atoms with E-state index in [2.05, 4.69) is 69.3 Å². The van der Waals surface area contributed by atoms with Gasteiger partial charge in [0.25, 0.3) is 0 Å². The summed E-state index contributed by atoms with van der Waals surface area (Å²) in [5.41, 5.74) is 6.68. The Labute approximate surface area is 212 Å². The van der Waals surface area contributed by atoms with Crippen LogP contribution in [-0.4, -0.2) is 19.0 Å². The Kier molecular flexibility index (Phi) is 7.07. The number of hydrogen-bond donors (Lipinski definition) is 0. The molecule has 0 fully saturated rings. The summed E-state index contributed by atoms with van der Waals surface area (Å²) in [6, 6.07) is 29.4. The molecule has 0 N–H and O–H groups in total. The molecule has 0 amide bonds. The lowest BCUT2D eigenvalue weighted by Crippen LogP contribution is -2.26. The molecule has 1 atom stereocenters. The molecule has 0 aromatic heterocycles. The number of benzene rings is 4. The molecule has 0 radical (unpaired) electrons. The number of aryl methyl sites for hydroxylation is 3. The summed E-state index contributed by atoms with van der Waals surface area (Å²) in [6.07, 6.45) is 0. The van der Waals surface area contributed by atoms with E-state index in [1.807, 2.05) is 25.1 Å². The second-order valence-electron chi connectivity index (χ2n) is 9.20. The molecule has 4 aromatic rings. The first-order valence-electron chi connectivity index (χ1n) is 11.9. The van der Waals surface area contributed by atoms with Crippen molar-refractivity contribution in [2.24, 2.45) is 0 Å². The zero-order valence-corrected chi connectivity index (χ0v) is 21.3. The van der Waals surface area contributed by atoms with E-state index in [0.717, 1.165) is 11.1 Å². The Morgan fingerprint density at radius 3 is 1.75 bits per heavy atom. The maximum Gasteiger partial charge on any atom is 0.344 e. The van der Waals surface area contributed by atoms with Gasteiger partial charge in [0.2, 0.25) is 0 Å². The maximum atomic E-state index is 13.0. The summed E-state index contributed by atoms with van der Waals surface area (Å²) in [4.78, 5) is 25.1. The van der Waals surface area contributed by atoms with Crippen molar-refractivity contribution in [3.05, 3.63) is 136 Å². The molecule has 0 aliphatic heterocycles. The van der Waals surface area contributed by atoms with Crippen LogP contribution in [0.15, 0.2) is 91.0 Å². The van der Waals surface area contributed by atoms with Gasteiger partial charge in [-0.05, 0) is 79.3 Å². The van der Waals surface area contributed by atoms with Crippen molar-refractivity contribution in [1.29, 1.82) is 0 Å². The minimum atomic E-state index is -0.605. The molecule has 4 rings (SSSR count). The molecular formula is C32H30O4. The molecule has 0 aliphatic rings. The van der Waals surface area contributed by atoms with E-state index in [1.54, 1.807) is 24.3 Å². The highest BCUT2D eigenvalue weighted by molar-refractivity contribution is 6.03. The van der Waals surface area contributed by atoms with Crippen molar-refractivity contribution in [3.8, 4) is 5.75 Å². The molecule has 4 heteroatoms. The van der Waals surface area contributed by atoms with Gasteiger partial charge < -0.3 is 9.47 Å². The third-order valence-electron chi connectivity index (χ3n) is 6.94. The fourth-order valence-electron chi connectivity index (χ4n) is 4.50. The molecule has 36 heavy (non-hydrogen) atoms. The highest BCUT2D eigenvalue weighted by Crippen LogP contribution is 2.40. The van der Waals surface area contributed by atoms with Crippen molar-refractivity contribution in [1.82, 2.24) is 0 Å². The first kappa shape index (κ1) is 24.9. The van der Waals surface area contributed by atoms with Gasteiger partial charge in [-0.2, -0.15) is 0 Å². The topological polar surface area (TPSA) is 52.6 Å². The van der Waals surface area contributed by atoms with Crippen LogP contribution in [0.5, 0.6) is 5.75 Å². The summed E-state index contributed by atoms with van der Waals surface area (Å²) in [5, 5.41) is 0. The number of hydrogen-bond acceptors (Lipinski definition) is 4. The van der Waals surface area contributed by atoms with Crippen LogP contribution in [0.4, 0.5) is 0 Å². The number of carbonyl (C=O) groups excluding carboxylic acids is 2. The second kappa shape index (κ2) is 10.2. The molecule has 0 spiro atoms. The van der Waals surface area contributed by atoms with E-state index >= 15 is 0 Å². The highest BCUT2D eigenvalue weighted by Gasteiger charge is 2.32. The third-order valence-corrected chi connectivity index (χ3v) is 6.94. The van der Waals surface area contributed by atoms with Crippen LogP contribution in [0.1, 0.15) is 61.0 Å². The molecule has 0 saturated heterocycles. The monoisotopic (exact) mass is 478 g/mol. The Morgan fingerprint density at radius 1 is 0.611 bits per heavy atom. The summed E-state index contributed by atoms with van der Waals surface area (Å²) >= 11 is 0. The molecule has 4 aromatic carbocycles. The molecule has 1 unspecified atom stereocenters. The Morgan fingerprint density at radius 2 is 1.17 bits per heavy atom. The van der Waals surface area contributed by atoms with E-state index in [-0.39, 0.29) is 11.1 Å². The van der Waals surface area contributed by atoms with E-state index < -0.39 is 17.4 Å². The normalized spacial score (nSPS) is 12.5. The molecule has 0 saturated carbocycles. The lowest BCUT2D eigenvalue weighted by molar-refractivity contribution is 0.0587. The van der Waals surface area contributed by atoms with Crippen LogP contribution in [0, 0.1) is 20.8 Å². The van der Waals surface area contributed by atoms with E-state index in [4.69, 9.17) is 9.47 Å². The SMILES string of the molecule is COC(=O)c1ccccc1C(=O)Oc1ccc(C(C)(c2ccccc2)c2ccc(C)c(C)c2)cc1C. The summed E-state index contributed by atoms with van der Waals surface area (Å²) in [5.74, 6) is -0.743. The van der Waals surface area contributed by atoms with Gasteiger partial charge in [-0.1, -0.05) is 72.8 Å². The second-order valence-corrected chi connectivity index (χ2v) is 9.20. The van der Waals surface area contributed by atoms with Gasteiger partial charge in [-0.3, -0.25) is 0 Å². The fourth-order valence-corrected chi connectivity index (χ4v) is 4.50. The Balaban J connectivity index is 1.74. The minimum Gasteiger partial charge on any atom is -0.465 e. The predicted octanol–water partition coefficient (Wildman–Crippen LogP) is 6.97. The fraction of sp³-hybridized carbons (Fsp3) is 0.188. The van der Waals surface area contributed by atoms with Gasteiger partial charge in [-0.25, -0.2) is 9.59 Å². The predicted molar refractivity (Wildman–Crippen MR) is 142 cm³/mol.